The van der Waals surface area contributed by atoms with Crippen LogP contribution in [0.25, 0.3) is 0 Å². The Balaban J connectivity index is 1.17. The van der Waals surface area contributed by atoms with Crippen LogP contribution in [-0.2, 0) is 23.1 Å². The van der Waals surface area contributed by atoms with Gasteiger partial charge >= 0.3 is 13.9 Å². The van der Waals surface area contributed by atoms with Gasteiger partial charge in [0.15, 0.2) is 0 Å². The third kappa shape index (κ3) is 9.61. The van der Waals surface area contributed by atoms with Crippen molar-refractivity contribution in [1.29, 1.82) is 0 Å². The molecule has 266 valence electrons. The van der Waals surface area contributed by atoms with E-state index in [1.807, 2.05) is 13.8 Å². The zero-order valence-electron chi connectivity index (χ0n) is 30.1. The molecule has 0 aromatic rings. The van der Waals surface area contributed by atoms with E-state index < -0.39 is 7.82 Å². The highest BCUT2D eigenvalue weighted by molar-refractivity contribution is 7.47. The number of phosphoric acid groups is 1. The molecule has 9 heteroatoms. The van der Waals surface area contributed by atoms with Gasteiger partial charge in [0.1, 0.15) is 6.10 Å². The van der Waals surface area contributed by atoms with Gasteiger partial charge < -0.3 is 19.7 Å². The molecule has 0 saturated heterocycles. The van der Waals surface area contributed by atoms with Gasteiger partial charge in [0.25, 0.3) is 0 Å². The Hall–Kier alpha value is -0.920. The third-order valence-electron chi connectivity index (χ3n) is 12.3. The number of hydrogen-bond donors (Lipinski definition) is 2. The molecule has 0 spiro atoms. The summed E-state index contributed by atoms with van der Waals surface area (Å²) in [5, 5.41) is 2.86. The van der Waals surface area contributed by atoms with Crippen LogP contribution in [0, 0.1) is 52.3 Å². The summed E-state index contributed by atoms with van der Waals surface area (Å²) in [6.07, 6.45) is 16.6. The fraction of sp³-hybridized carbons (Fsp3) is 0.919. The third-order valence-corrected chi connectivity index (χ3v) is 13.3. The second-order valence-electron chi connectivity index (χ2n) is 16.4. The van der Waals surface area contributed by atoms with E-state index in [0.29, 0.717) is 25.0 Å². The molecular weight excluding hydrogens is 601 g/mol. The van der Waals surface area contributed by atoms with Gasteiger partial charge in [-0.25, -0.2) is 9.36 Å². The molecule has 0 aromatic carbocycles. The fourth-order valence-electron chi connectivity index (χ4n) is 9.90. The first kappa shape index (κ1) is 37.9. The van der Waals surface area contributed by atoms with E-state index in [1.165, 1.54) is 56.9 Å². The number of phosphoric ester groups is 1. The first-order valence-corrected chi connectivity index (χ1v) is 20.1. The lowest BCUT2D eigenvalue weighted by molar-refractivity contribution is -0.0581. The Morgan fingerprint density at radius 2 is 1.74 bits per heavy atom. The summed E-state index contributed by atoms with van der Waals surface area (Å²) in [5.41, 5.74) is 2.28. The number of alkyl carbamates (subject to hydrolysis) is 1. The number of carbonyl (C=O) groups is 1. The number of ether oxygens (including phenoxy) is 2. The molecule has 0 radical (unpaired) electrons. The van der Waals surface area contributed by atoms with Crippen molar-refractivity contribution >= 4 is 13.9 Å². The fourth-order valence-corrected chi connectivity index (χ4v) is 10.8. The van der Waals surface area contributed by atoms with Crippen LogP contribution >= 0.6 is 7.82 Å². The average Bonchev–Trinajstić information content (AvgIpc) is 3.35. The van der Waals surface area contributed by atoms with Gasteiger partial charge in [-0.2, -0.15) is 0 Å². The number of fused-ring (bicyclic) bond motifs is 5. The van der Waals surface area contributed by atoms with E-state index in [-0.39, 0.29) is 43.4 Å². The minimum atomic E-state index is -4.04. The van der Waals surface area contributed by atoms with E-state index in [4.69, 9.17) is 18.5 Å². The van der Waals surface area contributed by atoms with Crippen LogP contribution in [-0.4, -0.2) is 50.1 Å². The smallest absolute Gasteiger partial charge is 0.446 e. The molecule has 0 heterocycles. The van der Waals surface area contributed by atoms with Crippen LogP contribution in [0.1, 0.15) is 126 Å². The van der Waals surface area contributed by atoms with Crippen molar-refractivity contribution in [2.75, 3.05) is 33.0 Å². The molecule has 3 saturated carbocycles. The first-order valence-electron chi connectivity index (χ1n) is 18.6. The summed E-state index contributed by atoms with van der Waals surface area (Å²) in [6, 6.07) is 0. The predicted octanol–water partition coefficient (Wildman–Crippen LogP) is 9.32. The van der Waals surface area contributed by atoms with Crippen molar-refractivity contribution in [3.8, 4) is 0 Å². The topological polar surface area (TPSA) is 103 Å². The lowest BCUT2D eigenvalue weighted by Crippen LogP contribution is -2.51. The maximum atomic E-state index is 12.6. The number of amides is 1. The SMILES string of the molecule is CC(C)CCC[C@@H](C)C1CCC2C3CC=C4C[C@@H](OC(=O)NCCCOCCOP(=O)(O)OCC(C)C)CC[C@]4(C)C3CC[C@@]21C. The van der Waals surface area contributed by atoms with Gasteiger partial charge in [0, 0.05) is 19.6 Å². The molecule has 8 nitrogen and oxygen atoms in total. The molecule has 4 rings (SSSR count). The van der Waals surface area contributed by atoms with Gasteiger partial charge in [-0.3, -0.25) is 9.05 Å². The lowest BCUT2D eigenvalue weighted by Gasteiger charge is -2.58. The second-order valence-corrected chi connectivity index (χ2v) is 17.9. The zero-order valence-corrected chi connectivity index (χ0v) is 31.0. The normalized spacial score (nSPS) is 34.3. The second kappa shape index (κ2) is 16.7. The van der Waals surface area contributed by atoms with Gasteiger partial charge in [-0.05, 0) is 104 Å². The standard InChI is InChI=1S/C37H66NO7P/c1-26(2)10-8-11-28(5)32-14-15-33-31-13-12-29-24-30(16-18-36(29,6)34(31)17-19-37(32,33)7)45-35(39)38-20-9-21-42-22-23-43-46(40,41)44-25-27(3)4/h12,26-28,30-34H,8-11,13-25H2,1-7H3,(H,38,39)(H,40,41)/t28-,30+,31?,32?,33?,34?,36+,37-/m1/s1. The predicted molar refractivity (Wildman–Crippen MR) is 183 cm³/mol. The molecular formula is C37H66NO7P. The van der Waals surface area contributed by atoms with Crippen molar-refractivity contribution in [1.82, 2.24) is 5.32 Å². The maximum Gasteiger partial charge on any atom is 0.472 e. The summed E-state index contributed by atoms with van der Waals surface area (Å²) >= 11 is 0. The Labute approximate surface area is 280 Å². The van der Waals surface area contributed by atoms with E-state index in [9.17, 15) is 14.3 Å². The highest BCUT2D eigenvalue weighted by Gasteiger charge is 2.59. The van der Waals surface area contributed by atoms with Crippen molar-refractivity contribution < 1.29 is 32.8 Å². The molecule has 0 aliphatic heterocycles. The first-order chi connectivity index (χ1) is 21.7. The van der Waals surface area contributed by atoms with Crippen molar-refractivity contribution in [3.05, 3.63) is 11.6 Å². The van der Waals surface area contributed by atoms with Crippen LogP contribution < -0.4 is 5.32 Å². The van der Waals surface area contributed by atoms with Crippen LogP contribution in [0.2, 0.25) is 0 Å². The van der Waals surface area contributed by atoms with Crippen LogP contribution in [0.4, 0.5) is 4.79 Å². The van der Waals surface area contributed by atoms with E-state index in [0.717, 1.165) is 54.8 Å². The summed E-state index contributed by atoms with van der Waals surface area (Å²) < 4.78 is 32.9. The minimum Gasteiger partial charge on any atom is -0.446 e. The lowest BCUT2D eigenvalue weighted by atomic mass is 9.47. The number of carbonyl (C=O) groups excluding carboxylic acids is 1. The summed E-state index contributed by atoms with van der Waals surface area (Å²) in [4.78, 5) is 22.2. The Morgan fingerprint density at radius 1 is 0.957 bits per heavy atom. The molecule has 4 aliphatic carbocycles. The van der Waals surface area contributed by atoms with Crippen LogP contribution in [0.3, 0.4) is 0 Å². The molecule has 5 unspecified atom stereocenters. The molecule has 46 heavy (non-hydrogen) atoms. The zero-order chi connectivity index (χ0) is 33.5. The van der Waals surface area contributed by atoms with E-state index in [1.54, 1.807) is 0 Å². The highest BCUT2D eigenvalue weighted by atomic mass is 31.2. The molecule has 0 bridgehead atoms. The molecule has 1 amide bonds. The maximum absolute atomic E-state index is 12.6. The monoisotopic (exact) mass is 667 g/mol. The quantitative estimate of drug-likeness (QED) is 0.0905. The Kier molecular flexibility index (Phi) is 13.7. The van der Waals surface area contributed by atoms with Crippen molar-refractivity contribution in [2.24, 2.45) is 52.3 Å². The molecule has 9 atom stereocenters. The molecule has 3 fully saturated rings. The minimum absolute atomic E-state index is 0.0301. The number of allylic oxidation sites excluding steroid dienone is 1. The molecule has 4 aliphatic rings. The molecule has 2 N–H and O–H groups in total. The summed E-state index contributed by atoms with van der Waals surface area (Å²) in [5.74, 6) is 5.10. The number of nitrogens with one attached hydrogen (secondary N) is 1. The van der Waals surface area contributed by atoms with Crippen LogP contribution in [0.15, 0.2) is 11.6 Å². The van der Waals surface area contributed by atoms with E-state index in [2.05, 4.69) is 46.0 Å². The van der Waals surface area contributed by atoms with Gasteiger partial charge in [-0.15, -0.1) is 0 Å². The van der Waals surface area contributed by atoms with Gasteiger partial charge in [0.05, 0.1) is 19.8 Å². The number of hydrogen-bond acceptors (Lipinski definition) is 6. The Morgan fingerprint density at radius 3 is 2.48 bits per heavy atom. The Bertz CT molecular complexity index is 1060. The van der Waals surface area contributed by atoms with Crippen LogP contribution in [0.5, 0.6) is 0 Å². The van der Waals surface area contributed by atoms with Crippen molar-refractivity contribution in [3.63, 3.8) is 0 Å². The highest BCUT2D eigenvalue weighted by Crippen LogP contribution is 2.67. The average molecular weight is 668 g/mol. The van der Waals surface area contributed by atoms with Gasteiger partial charge in [-0.1, -0.05) is 79.4 Å². The van der Waals surface area contributed by atoms with E-state index >= 15 is 0 Å². The van der Waals surface area contributed by atoms with Crippen molar-refractivity contribution in [2.45, 2.75) is 132 Å². The summed E-state index contributed by atoms with van der Waals surface area (Å²) in [6.45, 7) is 17.4. The summed E-state index contributed by atoms with van der Waals surface area (Å²) in [7, 11) is -4.04. The largest absolute Gasteiger partial charge is 0.472 e. The molecule has 0 aromatic heterocycles. The number of rotatable bonds is 17. The van der Waals surface area contributed by atoms with Gasteiger partial charge in [0.2, 0.25) is 0 Å².